The standard InChI is InChI=1S/C21H22ClN3O4/c1-29-16-8-7-14-11-15(20(27)23-19(14)12-16)13-25(9-4-10-26)21(28)24-18-6-3-2-5-17(18)22/h2-3,5-8,11-12,26H,4,9-10,13H2,1H3,(H,23,27)(H,24,28). The molecule has 0 spiro atoms. The number of amides is 2. The molecule has 0 atom stereocenters. The van der Waals surface area contributed by atoms with Crippen LogP contribution in [-0.2, 0) is 6.54 Å². The van der Waals surface area contributed by atoms with E-state index in [0.29, 0.717) is 34.0 Å². The smallest absolute Gasteiger partial charge is 0.322 e. The largest absolute Gasteiger partial charge is 0.497 e. The molecule has 1 heterocycles. The second-order valence-electron chi connectivity index (χ2n) is 6.49. The van der Waals surface area contributed by atoms with Crippen LogP contribution in [-0.4, -0.2) is 41.3 Å². The molecule has 7 nitrogen and oxygen atoms in total. The van der Waals surface area contributed by atoms with Gasteiger partial charge in [-0.15, -0.1) is 0 Å². The molecule has 0 bridgehead atoms. The van der Waals surface area contributed by atoms with Gasteiger partial charge in [0.25, 0.3) is 5.56 Å². The summed E-state index contributed by atoms with van der Waals surface area (Å²) in [6.07, 6.45) is 0.388. The predicted molar refractivity (Wildman–Crippen MR) is 114 cm³/mol. The zero-order chi connectivity index (χ0) is 20.8. The van der Waals surface area contributed by atoms with E-state index in [-0.39, 0.29) is 25.3 Å². The average molecular weight is 416 g/mol. The van der Waals surface area contributed by atoms with Crippen LogP contribution in [0.4, 0.5) is 10.5 Å². The Balaban J connectivity index is 1.86. The number of aromatic nitrogens is 1. The van der Waals surface area contributed by atoms with Crippen LogP contribution in [0.25, 0.3) is 10.9 Å². The zero-order valence-electron chi connectivity index (χ0n) is 15.9. The Labute approximate surface area is 172 Å². The number of fused-ring (bicyclic) bond motifs is 1. The zero-order valence-corrected chi connectivity index (χ0v) is 16.7. The summed E-state index contributed by atoms with van der Waals surface area (Å²) < 4.78 is 5.18. The number of para-hydroxylation sites is 1. The summed E-state index contributed by atoms with van der Waals surface area (Å²) in [4.78, 5) is 29.6. The van der Waals surface area contributed by atoms with Crippen molar-refractivity contribution in [1.82, 2.24) is 9.88 Å². The minimum atomic E-state index is -0.402. The van der Waals surface area contributed by atoms with Gasteiger partial charge in [-0.05, 0) is 42.1 Å². The molecule has 2 aromatic carbocycles. The van der Waals surface area contributed by atoms with Crippen LogP contribution in [0.5, 0.6) is 5.75 Å². The van der Waals surface area contributed by atoms with E-state index in [9.17, 15) is 14.7 Å². The first kappa shape index (κ1) is 20.7. The molecule has 29 heavy (non-hydrogen) atoms. The second kappa shape index (κ2) is 9.45. The lowest BCUT2D eigenvalue weighted by atomic mass is 10.1. The van der Waals surface area contributed by atoms with Gasteiger partial charge in [-0.25, -0.2) is 4.79 Å². The van der Waals surface area contributed by atoms with Gasteiger partial charge in [0.2, 0.25) is 0 Å². The van der Waals surface area contributed by atoms with Crippen molar-refractivity contribution in [1.29, 1.82) is 0 Å². The van der Waals surface area contributed by atoms with Crippen molar-refractivity contribution in [2.24, 2.45) is 0 Å². The number of benzene rings is 2. The molecular weight excluding hydrogens is 394 g/mol. The number of nitrogens with zero attached hydrogens (tertiary/aromatic N) is 1. The van der Waals surface area contributed by atoms with Crippen LogP contribution in [0.2, 0.25) is 5.02 Å². The van der Waals surface area contributed by atoms with Crippen molar-refractivity contribution in [2.45, 2.75) is 13.0 Å². The number of carbonyl (C=O) groups excluding carboxylic acids is 1. The van der Waals surface area contributed by atoms with E-state index in [2.05, 4.69) is 10.3 Å². The molecule has 152 valence electrons. The molecule has 0 radical (unpaired) electrons. The van der Waals surface area contributed by atoms with Crippen molar-refractivity contribution in [3.63, 3.8) is 0 Å². The first-order valence-corrected chi connectivity index (χ1v) is 9.51. The summed E-state index contributed by atoms with van der Waals surface area (Å²) in [6.45, 7) is 0.310. The number of aromatic amines is 1. The molecule has 0 fully saturated rings. The Hall–Kier alpha value is -3.03. The lowest BCUT2D eigenvalue weighted by Crippen LogP contribution is -2.37. The minimum Gasteiger partial charge on any atom is -0.497 e. The third kappa shape index (κ3) is 5.07. The normalized spacial score (nSPS) is 10.7. The maximum atomic E-state index is 12.8. The van der Waals surface area contributed by atoms with Gasteiger partial charge in [0.05, 0.1) is 29.9 Å². The first-order valence-electron chi connectivity index (χ1n) is 9.13. The fourth-order valence-corrected chi connectivity index (χ4v) is 3.13. The lowest BCUT2D eigenvalue weighted by molar-refractivity contribution is 0.199. The number of anilines is 1. The molecule has 0 aliphatic rings. The fraction of sp³-hybridized carbons (Fsp3) is 0.238. The van der Waals surface area contributed by atoms with Gasteiger partial charge in [-0.3, -0.25) is 4.79 Å². The van der Waals surface area contributed by atoms with Gasteiger partial charge in [0.15, 0.2) is 0 Å². The molecule has 0 aliphatic heterocycles. The molecule has 1 aromatic heterocycles. The molecule has 8 heteroatoms. The number of H-pyrrole nitrogens is 1. The maximum Gasteiger partial charge on any atom is 0.322 e. The first-order chi connectivity index (χ1) is 14.0. The number of urea groups is 1. The number of methoxy groups -OCH3 is 1. The van der Waals surface area contributed by atoms with Crippen LogP contribution in [0.3, 0.4) is 0 Å². The number of hydrogen-bond acceptors (Lipinski definition) is 4. The van der Waals surface area contributed by atoms with Crippen molar-refractivity contribution < 1.29 is 14.6 Å². The number of ether oxygens (including phenoxy) is 1. The van der Waals surface area contributed by atoms with Crippen molar-refractivity contribution in [3.8, 4) is 5.75 Å². The molecule has 0 unspecified atom stereocenters. The van der Waals surface area contributed by atoms with Crippen molar-refractivity contribution in [2.75, 3.05) is 25.6 Å². The third-order valence-electron chi connectivity index (χ3n) is 4.48. The van der Waals surface area contributed by atoms with Crippen LogP contribution < -0.4 is 15.6 Å². The van der Waals surface area contributed by atoms with Crippen LogP contribution in [0.15, 0.2) is 53.3 Å². The Morgan fingerprint density at radius 3 is 2.76 bits per heavy atom. The molecule has 3 N–H and O–H groups in total. The van der Waals surface area contributed by atoms with E-state index in [4.69, 9.17) is 16.3 Å². The van der Waals surface area contributed by atoms with E-state index in [0.717, 1.165) is 5.39 Å². The van der Waals surface area contributed by atoms with Gasteiger partial charge < -0.3 is 25.0 Å². The van der Waals surface area contributed by atoms with E-state index in [1.54, 1.807) is 49.6 Å². The lowest BCUT2D eigenvalue weighted by Gasteiger charge is -2.23. The number of carbonyl (C=O) groups is 1. The molecular formula is C21H22ClN3O4. The van der Waals surface area contributed by atoms with E-state index < -0.39 is 6.03 Å². The highest BCUT2D eigenvalue weighted by Gasteiger charge is 2.17. The number of aliphatic hydroxyl groups excluding tert-OH is 1. The summed E-state index contributed by atoms with van der Waals surface area (Å²) in [5.41, 5.74) is 1.29. The van der Waals surface area contributed by atoms with Crippen LogP contribution >= 0.6 is 11.6 Å². The van der Waals surface area contributed by atoms with Crippen LogP contribution in [0, 0.1) is 0 Å². The van der Waals surface area contributed by atoms with Crippen molar-refractivity contribution in [3.05, 3.63) is 69.5 Å². The number of halogens is 1. The van der Waals surface area contributed by atoms with E-state index in [1.807, 2.05) is 6.07 Å². The Bertz CT molecular complexity index is 1070. The van der Waals surface area contributed by atoms with Gasteiger partial charge in [-0.2, -0.15) is 0 Å². The molecule has 2 amide bonds. The summed E-state index contributed by atoms with van der Waals surface area (Å²) in [6, 6.07) is 13.6. The second-order valence-corrected chi connectivity index (χ2v) is 6.89. The number of hydrogen-bond donors (Lipinski definition) is 3. The van der Waals surface area contributed by atoms with E-state index >= 15 is 0 Å². The number of nitrogens with one attached hydrogen (secondary N) is 2. The van der Waals surface area contributed by atoms with Gasteiger partial charge in [0, 0.05) is 24.8 Å². The number of pyridine rings is 1. The molecule has 0 aliphatic carbocycles. The highest BCUT2D eigenvalue weighted by molar-refractivity contribution is 6.33. The van der Waals surface area contributed by atoms with Gasteiger partial charge >= 0.3 is 6.03 Å². The SMILES string of the molecule is COc1ccc2cc(CN(CCCO)C(=O)Nc3ccccc3Cl)c(=O)[nH]c2c1. The highest BCUT2D eigenvalue weighted by atomic mass is 35.5. The number of rotatable bonds is 7. The Morgan fingerprint density at radius 1 is 1.24 bits per heavy atom. The Kier molecular flexibility index (Phi) is 6.74. The predicted octanol–water partition coefficient (Wildman–Crippen LogP) is 3.61. The quantitative estimate of drug-likeness (QED) is 0.549. The average Bonchev–Trinajstić information content (AvgIpc) is 2.72. The third-order valence-corrected chi connectivity index (χ3v) is 4.81. The summed E-state index contributed by atoms with van der Waals surface area (Å²) in [7, 11) is 1.56. The molecule has 0 saturated heterocycles. The Morgan fingerprint density at radius 2 is 2.03 bits per heavy atom. The van der Waals surface area contributed by atoms with Crippen LogP contribution in [0.1, 0.15) is 12.0 Å². The fourth-order valence-electron chi connectivity index (χ4n) is 2.95. The monoisotopic (exact) mass is 415 g/mol. The highest BCUT2D eigenvalue weighted by Crippen LogP contribution is 2.22. The van der Waals surface area contributed by atoms with Gasteiger partial charge in [-0.1, -0.05) is 23.7 Å². The summed E-state index contributed by atoms with van der Waals surface area (Å²) in [5, 5.41) is 13.2. The summed E-state index contributed by atoms with van der Waals surface area (Å²) in [5.74, 6) is 0.643. The molecule has 0 saturated carbocycles. The summed E-state index contributed by atoms with van der Waals surface area (Å²) >= 11 is 6.11. The minimum absolute atomic E-state index is 0.0657. The number of aliphatic hydroxyl groups is 1. The van der Waals surface area contributed by atoms with Gasteiger partial charge in [0.1, 0.15) is 5.75 Å². The van der Waals surface area contributed by atoms with Crippen molar-refractivity contribution >= 4 is 34.2 Å². The molecule has 3 rings (SSSR count). The maximum absolute atomic E-state index is 12.8. The molecule has 3 aromatic rings. The topological polar surface area (TPSA) is 94.7 Å². The van der Waals surface area contributed by atoms with E-state index in [1.165, 1.54) is 4.90 Å².